The molecule has 4 N–H and O–H groups in total. The fourth-order valence-electron chi connectivity index (χ4n) is 1.41. The van der Waals surface area contributed by atoms with Crippen LogP contribution in [0.3, 0.4) is 0 Å². The van der Waals surface area contributed by atoms with E-state index in [9.17, 15) is 14.7 Å². The van der Waals surface area contributed by atoms with Crippen molar-refractivity contribution in [1.82, 2.24) is 9.55 Å². The minimum Gasteiger partial charge on any atom is -0.394 e. The van der Waals surface area contributed by atoms with Gasteiger partial charge in [-0.15, -0.1) is 0 Å². The molecule has 0 radical (unpaired) electrons. The Morgan fingerprint density at radius 2 is 2.06 bits per heavy atom. The molecule has 1 heterocycles. The number of nitrogens with zero attached hydrogens (tertiary/aromatic N) is 1. The third-order valence-electron chi connectivity index (χ3n) is 2.41. The third kappa shape index (κ3) is 3.50. The average molecular weight is 260 g/mol. The summed E-state index contributed by atoms with van der Waals surface area (Å²) in [7, 11) is 0. The van der Waals surface area contributed by atoms with Gasteiger partial charge >= 0.3 is 5.69 Å². The average Bonchev–Trinajstić information content (AvgIpc) is 2.34. The summed E-state index contributed by atoms with van der Waals surface area (Å²) in [4.78, 5) is 24.4. The topological polar surface area (TPSA) is 125 Å². The number of hydrogen-bond acceptors (Lipinski definition) is 6. The van der Waals surface area contributed by atoms with Gasteiger partial charge in [0.2, 0.25) is 0 Å². The quantitative estimate of drug-likeness (QED) is 0.459. The maximum atomic E-state index is 11.4. The van der Waals surface area contributed by atoms with Gasteiger partial charge in [0, 0.05) is 12.3 Å². The first-order valence-electron chi connectivity index (χ1n) is 5.36. The molecule has 1 aromatic heterocycles. The normalized spacial score (nSPS) is 16.2. The van der Waals surface area contributed by atoms with Gasteiger partial charge in [0.1, 0.15) is 18.4 Å². The molecule has 0 aliphatic rings. The summed E-state index contributed by atoms with van der Waals surface area (Å²) in [6, 6.07) is 1.15. The molecular formula is C10H16N2O6. The van der Waals surface area contributed by atoms with Gasteiger partial charge in [-0.05, 0) is 6.92 Å². The number of aliphatic hydroxyl groups excluding tert-OH is 3. The van der Waals surface area contributed by atoms with E-state index in [0.29, 0.717) is 0 Å². The highest BCUT2D eigenvalue weighted by molar-refractivity contribution is 4.83. The number of aromatic nitrogens is 2. The lowest BCUT2D eigenvalue weighted by Crippen LogP contribution is -2.39. The molecule has 0 saturated carbocycles. The van der Waals surface area contributed by atoms with Gasteiger partial charge in [0.25, 0.3) is 5.56 Å². The van der Waals surface area contributed by atoms with Gasteiger partial charge in [-0.1, -0.05) is 0 Å². The van der Waals surface area contributed by atoms with Crippen molar-refractivity contribution in [2.75, 3.05) is 13.2 Å². The molecule has 18 heavy (non-hydrogen) atoms. The standard InChI is InChI=1S/C10H16N2O6/c1-6(18-8(5-14)7(15)4-13)12-3-2-9(16)11-10(12)17/h2-3,6-8,13-15H,4-5H2,1H3,(H,11,16,17)/t6-,7+,8-/m1/s1. The lowest BCUT2D eigenvalue weighted by Gasteiger charge is -2.24. The van der Waals surface area contributed by atoms with Crippen molar-refractivity contribution in [3.05, 3.63) is 33.1 Å². The van der Waals surface area contributed by atoms with Crippen LogP contribution in [0.25, 0.3) is 0 Å². The first-order valence-corrected chi connectivity index (χ1v) is 5.36. The van der Waals surface area contributed by atoms with Crippen LogP contribution in [0.1, 0.15) is 13.2 Å². The summed E-state index contributed by atoms with van der Waals surface area (Å²) >= 11 is 0. The first kappa shape index (κ1) is 14.6. The maximum absolute atomic E-state index is 11.4. The van der Waals surface area contributed by atoms with Crippen LogP contribution in [0, 0.1) is 0 Å². The number of ether oxygens (including phenoxy) is 1. The van der Waals surface area contributed by atoms with Crippen molar-refractivity contribution >= 4 is 0 Å². The molecule has 0 saturated heterocycles. The molecule has 3 atom stereocenters. The number of rotatable bonds is 6. The van der Waals surface area contributed by atoms with Crippen LogP contribution in [0.2, 0.25) is 0 Å². The van der Waals surface area contributed by atoms with Crippen LogP contribution in [0.4, 0.5) is 0 Å². The van der Waals surface area contributed by atoms with E-state index in [1.807, 2.05) is 0 Å². The van der Waals surface area contributed by atoms with Crippen LogP contribution >= 0.6 is 0 Å². The third-order valence-corrected chi connectivity index (χ3v) is 2.41. The molecule has 1 rings (SSSR count). The zero-order valence-corrected chi connectivity index (χ0v) is 9.81. The predicted molar refractivity (Wildman–Crippen MR) is 61.1 cm³/mol. The summed E-state index contributed by atoms with van der Waals surface area (Å²) < 4.78 is 6.33. The molecule has 0 unspecified atom stereocenters. The highest BCUT2D eigenvalue weighted by Gasteiger charge is 2.21. The molecule has 1 aromatic rings. The Labute approximate surface area is 102 Å². The minimum atomic E-state index is -1.25. The monoisotopic (exact) mass is 260 g/mol. The van der Waals surface area contributed by atoms with Gasteiger partial charge in [-0.25, -0.2) is 4.79 Å². The van der Waals surface area contributed by atoms with Crippen LogP contribution < -0.4 is 11.2 Å². The van der Waals surface area contributed by atoms with Gasteiger partial charge < -0.3 is 20.1 Å². The molecule has 0 spiro atoms. The minimum absolute atomic E-state index is 0.510. The summed E-state index contributed by atoms with van der Waals surface area (Å²) in [6.07, 6.45) is -1.85. The number of H-pyrrole nitrogens is 1. The fourth-order valence-corrected chi connectivity index (χ4v) is 1.41. The van der Waals surface area contributed by atoms with E-state index >= 15 is 0 Å². The smallest absolute Gasteiger partial charge is 0.330 e. The second kappa shape index (κ2) is 6.45. The molecule has 0 aromatic carbocycles. The van der Waals surface area contributed by atoms with Crippen LogP contribution in [-0.2, 0) is 4.74 Å². The molecule has 102 valence electrons. The van der Waals surface area contributed by atoms with Gasteiger partial charge in [-0.2, -0.15) is 0 Å². The zero-order valence-electron chi connectivity index (χ0n) is 9.81. The van der Waals surface area contributed by atoms with Crippen LogP contribution in [0.15, 0.2) is 21.9 Å². The van der Waals surface area contributed by atoms with Crippen molar-refractivity contribution in [3.8, 4) is 0 Å². The molecule has 0 aliphatic carbocycles. The first-order chi connectivity index (χ1) is 8.49. The summed E-state index contributed by atoms with van der Waals surface area (Å²) in [6.45, 7) is 0.426. The van der Waals surface area contributed by atoms with Crippen molar-refractivity contribution < 1.29 is 20.1 Å². The molecule has 0 bridgehead atoms. The Balaban J connectivity index is 2.84. The Morgan fingerprint density at radius 3 is 2.56 bits per heavy atom. The number of hydrogen-bond donors (Lipinski definition) is 4. The van der Waals surface area contributed by atoms with Crippen molar-refractivity contribution in [2.45, 2.75) is 25.4 Å². The van der Waals surface area contributed by atoms with Crippen LogP contribution in [-0.4, -0.2) is 50.3 Å². The number of aromatic amines is 1. The predicted octanol–water partition coefficient (Wildman–Crippen LogP) is -2.21. The van der Waals surface area contributed by atoms with E-state index in [2.05, 4.69) is 4.98 Å². The Hall–Kier alpha value is -1.48. The largest absolute Gasteiger partial charge is 0.394 e. The second-order valence-electron chi connectivity index (χ2n) is 3.72. The summed E-state index contributed by atoms with van der Waals surface area (Å²) in [5, 5.41) is 27.1. The Morgan fingerprint density at radius 1 is 1.39 bits per heavy atom. The van der Waals surface area contributed by atoms with E-state index in [4.69, 9.17) is 14.9 Å². The lowest BCUT2D eigenvalue weighted by atomic mass is 10.2. The number of nitrogens with one attached hydrogen (secondary N) is 1. The van der Waals surface area contributed by atoms with Gasteiger partial charge in [-0.3, -0.25) is 14.3 Å². The van der Waals surface area contributed by atoms with Crippen molar-refractivity contribution in [3.63, 3.8) is 0 Å². The van der Waals surface area contributed by atoms with Gasteiger partial charge in [0.05, 0.1) is 13.2 Å². The highest BCUT2D eigenvalue weighted by atomic mass is 16.5. The van der Waals surface area contributed by atoms with E-state index in [1.54, 1.807) is 0 Å². The number of aliphatic hydroxyl groups is 3. The fraction of sp³-hybridized carbons (Fsp3) is 0.600. The van der Waals surface area contributed by atoms with E-state index in [0.717, 1.165) is 10.6 Å². The van der Waals surface area contributed by atoms with E-state index < -0.39 is 42.9 Å². The van der Waals surface area contributed by atoms with Crippen molar-refractivity contribution in [2.24, 2.45) is 0 Å². The molecule has 0 amide bonds. The second-order valence-corrected chi connectivity index (χ2v) is 3.72. The van der Waals surface area contributed by atoms with Crippen molar-refractivity contribution in [1.29, 1.82) is 0 Å². The molecule has 0 aliphatic heterocycles. The Bertz CT molecular complexity index is 482. The molecule has 8 heteroatoms. The zero-order chi connectivity index (χ0) is 13.7. The Kier molecular flexibility index (Phi) is 5.23. The molecule has 8 nitrogen and oxygen atoms in total. The van der Waals surface area contributed by atoms with Crippen LogP contribution in [0.5, 0.6) is 0 Å². The lowest BCUT2D eigenvalue weighted by molar-refractivity contribution is -0.127. The van der Waals surface area contributed by atoms with Gasteiger partial charge in [0.15, 0.2) is 0 Å². The summed E-state index contributed by atoms with van der Waals surface area (Å²) in [5.41, 5.74) is -1.19. The summed E-state index contributed by atoms with van der Waals surface area (Å²) in [5.74, 6) is 0. The highest BCUT2D eigenvalue weighted by Crippen LogP contribution is 2.10. The molecule has 0 fully saturated rings. The van der Waals surface area contributed by atoms with E-state index in [-0.39, 0.29) is 0 Å². The molecular weight excluding hydrogens is 244 g/mol. The SMILES string of the molecule is C[C@@H](O[C@H](CO)[C@@H](O)CO)n1ccc(=O)[nH]c1=O. The maximum Gasteiger partial charge on any atom is 0.330 e. The van der Waals surface area contributed by atoms with E-state index in [1.165, 1.54) is 13.1 Å².